The summed E-state index contributed by atoms with van der Waals surface area (Å²) in [4.78, 5) is 36.5. The van der Waals surface area contributed by atoms with Crippen molar-refractivity contribution >= 4 is 11.8 Å². The number of hydrogen-bond donors (Lipinski definition) is 2. The molecule has 6 nitrogen and oxygen atoms in total. The molecule has 0 bridgehead atoms. The third kappa shape index (κ3) is 6.08. The molecular weight excluding hydrogens is 356 g/mol. The van der Waals surface area contributed by atoms with E-state index in [0.29, 0.717) is 24.2 Å². The van der Waals surface area contributed by atoms with Crippen LogP contribution < -0.4 is 16.3 Å². The van der Waals surface area contributed by atoms with Gasteiger partial charge in [-0.1, -0.05) is 30.3 Å². The van der Waals surface area contributed by atoms with Crippen molar-refractivity contribution in [2.24, 2.45) is 0 Å². The van der Waals surface area contributed by atoms with Crippen LogP contribution in [0, 0.1) is 6.92 Å². The number of aryl methyl sites for hydroxylation is 3. The topological polar surface area (TPSA) is 88.4 Å². The van der Waals surface area contributed by atoms with Gasteiger partial charge in [-0.15, -0.1) is 0 Å². The summed E-state index contributed by atoms with van der Waals surface area (Å²) < 4.78 is 5.38. The van der Waals surface area contributed by atoms with Crippen LogP contribution in [0.15, 0.2) is 45.6 Å². The molecule has 0 aliphatic carbocycles. The highest BCUT2D eigenvalue weighted by Gasteiger charge is 2.25. The monoisotopic (exact) mass is 384 g/mol. The van der Waals surface area contributed by atoms with E-state index in [9.17, 15) is 14.4 Å². The summed E-state index contributed by atoms with van der Waals surface area (Å²) in [6.45, 7) is 5.37. The number of nitrogens with one attached hydrogen (secondary N) is 2. The van der Waals surface area contributed by atoms with Crippen LogP contribution in [0.4, 0.5) is 0 Å². The Morgan fingerprint density at radius 3 is 2.39 bits per heavy atom. The normalized spacial score (nSPS) is 11.1. The fourth-order valence-electron chi connectivity index (χ4n) is 2.96. The predicted molar refractivity (Wildman–Crippen MR) is 108 cm³/mol. The van der Waals surface area contributed by atoms with Gasteiger partial charge in [-0.25, -0.2) is 4.79 Å². The van der Waals surface area contributed by atoms with E-state index in [1.54, 1.807) is 20.0 Å². The van der Waals surface area contributed by atoms with E-state index >= 15 is 0 Å². The Bertz CT molecular complexity index is 885. The first kappa shape index (κ1) is 21.4. The summed E-state index contributed by atoms with van der Waals surface area (Å²) >= 11 is 0. The molecule has 0 atom stereocenters. The van der Waals surface area contributed by atoms with Gasteiger partial charge in [-0.3, -0.25) is 9.59 Å². The molecule has 0 saturated carbocycles. The van der Waals surface area contributed by atoms with Crippen molar-refractivity contribution in [3.05, 3.63) is 69.3 Å². The lowest BCUT2D eigenvalue weighted by molar-refractivity contribution is -0.121. The molecule has 1 aromatic heterocycles. The van der Waals surface area contributed by atoms with Gasteiger partial charge in [0.2, 0.25) is 5.91 Å². The molecule has 0 spiro atoms. The number of rotatable bonds is 8. The first-order valence-corrected chi connectivity index (χ1v) is 9.42. The summed E-state index contributed by atoms with van der Waals surface area (Å²) in [5.74, 6) is -0.0228. The van der Waals surface area contributed by atoms with Gasteiger partial charge in [0, 0.05) is 25.4 Å². The summed E-state index contributed by atoms with van der Waals surface area (Å²) in [6, 6.07) is 11.7. The van der Waals surface area contributed by atoms with E-state index in [4.69, 9.17) is 4.42 Å². The second kappa shape index (κ2) is 9.35. The molecule has 2 amide bonds. The van der Waals surface area contributed by atoms with Gasteiger partial charge in [-0.05, 0) is 50.8 Å². The molecule has 2 N–H and O–H groups in total. The Hall–Kier alpha value is -2.89. The molecular formula is C22H28N2O4. The maximum Gasteiger partial charge on any atom is 0.349 e. The van der Waals surface area contributed by atoms with Crippen LogP contribution in [0.3, 0.4) is 0 Å². The Kier molecular flexibility index (Phi) is 7.15. The molecule has 150 valence electrons. The quantitative estimate of drug-likeness (QED) is 0.732. The Morgan fingerprint density at radius 1 is 1.11 bits per heavy atom. The first-order valence-electron chi connectivity index (χ1n) is 9.42. The number of hydrogen-bond acceptors (Lipinski definition) is 4. The minimum Gasteiger partial charge on any atom is -0.427 e. The van der Waals surface area contributed by atoms with Crippen molar-refractivity contribution in [3.8, 4) is 0 Å². The van der Waals surface area contributed by atoms with Gasteiger partial charge < -0.3 is 15.1 Å². The highest BCUT2D eigenvalue weighted by Crippen LogP contribution is 2.15. The highest BCUT2D eigenvalue weighted by molar-refractivity contribution is 5.95. The molecule has 0 saturated heterocycles. The Morgan fingerprint density at radius 2 is 1.79 bits per heavy atom. The average Bonchev–Trinajstić information content (AvgIpc) is 2.64. The van der Waals surface area contributed by atoms with Crippen LogP contribution in [-0.2, 0) is 17.6 Å². The van der Waals surface area contributed by atoms with E-state index in [0.717, 1.165) is 12.0 Å². The second-order valence-corrected chi connectivity index (χ2v) is 7.55. The molecule has 2 rings (SSSR count). The summed E-state index contributed by atoms with van der Waals surface area (Å²) in [5, 5.41) is 5.39. The fraction of sp³-hybridized carbons (Fsp3) is 0.409. The van der Waals surface area contributed by atoms with Crippen LogP contribution >= 0.6 is 0 Å². The largest absolute Gasteiger partial charge is 0.427 e. The molecule has 2 aromatic rings. The maximum absolute atomic E-state index is 12.6. The zero-order valence-electron chi connectivity index (χ0n) is 16.9. The standard InChI is InChI=1S/C22H28N2O4/c1-15-14-17(11-10-16-8-6-5-7-9-16)28-21(27)19(15)20(26)24-22(2,3)13-12-18(25)23-4/h5-9,14H,10-13H2,1-4H3,(H,23,25)(H,24,26). The molecule has 1 aromatic carbocycles. The minimum atomic E-state index is -0.636. The van der Waals surface area contributed by atoms with Crippen LogP contribution in [0.25, 0.3) is 0 Å². The molecule has 6 heteroatoms. The Balaban J connectivity index is 2.07. The zero-order valence-corrected chi connectivity index (χ0v) is 16.9. The van der Waals surface area contributed by atoms with Crippen molar-refractivity contribution in [3.63, 3.8) is 0 Å². The number of carbonyl (C=O) groups is 2. The van der Waals surface area contributed by atoms with Gasteiger partial charge in [0.15, 0.2) is 0 Å². The van der Waals surface area contributed by atoms with Gasteiger partial charge in [0.1, 0.15) is 11.3 Å². The van der Waals surface area contributed by atoms with Gasteiger partial charge >= 0.3 is 5.63 Å². The van der Waals surface area contributed by atoms with E-state index < -0.39 is 17.1 Å². The average molecular weight is 384 g/mol. The van der Waals surface area contributed by atoms with E-state index in [1.807, 2.05) is 44.2 Å². The molecule has 0 fully saturated rings. The number of amides is 2. The second-order valence-electron chi connectivity index (χ2n) is 7.55. The smallest absolute Gasteiger partial charge is 0.349 e. The van der Waals surface area contributed by atoms with E-state index in [-0.39, 0.29) is 17.9 Å². The summed E-state index contributed by atoms with van der Waals surface area (Å²) in [7, 11) is 1.57. The van der Waals surface area contributed by atoms with Crippen molar-refractivity contribution in [2.45, 2.75) is 52.0 Å². The van der Waals surface area contributed by atoms with Crippen LogP contribution in [0.5, 0.6) is 0 Å². The highest BCUT2D eigenvalue weighted by atomic mass is 16.4. The fourth-order valence-corrected chi connectivity index (χ4v) is 2.96. The minimum absolute atomic E-state index is 0.0106. The third-order valence-electron chi connectivity index (χ3n) is 4.64. The molecule has 1 heterocycles. The van der Waals surface area contributed by atoms with Crippen molar-refractivity contribution in [2.75, 3.05) is 7.05 Å². The molecule has 0 aliphatic rings. The third-order valence-corrected chi connectivity index (χ3v) is 4.64. The zero-order chi connectivity index (χ0) is 20.7. The maximum atomic E-state index is 12.6. The Labute approximate surface area is 165 Å². The first-order chi connectivity index (χ1) is 13.2. The van der Waals surface area contributed by atoms with E-state index in [1.165, 1.54) is 0 Å². The van der Waals surface area contributed by atoms with Crippen LogP contribution in [0.2, 0.25) is 0 Å². The van der Waals surface area contributed by atoms with Gasteiger partial charge in [0.05, 0.1) is 0 Å². The van der Waals surface area contributed by atoms with Crippen LogP contribution in [-0.4, -0.2) is 24.4 Å². The SMILES string of the molecule is CNC(=O)CCC(C)(C)NC(=O)c1c(C)cc(CCc2ccccc2)oc1=O. The van der Waals surface area contributed by atoms with Gasteiger partial charge in [0.25, 0.3) is 5.91 Å². The predicted octanol–water partition coefficient (Wildman–Crippen LogP) is 2.77. The van der Waals surface area contributed by atoms with Crippen molar-refractivity contribution < 1.29 is 14.0 Å². The van der Waals surface area contributed by atoms with E-state index in [2.05, 4.69) is 10.6 Å². The van der Waals surface area contributed by atoms with Crippen molar-refractivity contribution in [1.82, 2.24) is 10.6 Å². The lowest BCUT2D eigenvalue weighted by Crippen LogP contribution is -2.45. The number of carbonyl (C=O) groups excluding carboxylic acids is 2. The molecule has 28 heavy (non-hydrogen) atoms. The molecule has 0 unspecified atom stereocenters. The van der Waals surface area contributed by atoms with Gasteiger partial charge in [-0.2, -0.15) is 0 Å². The van der Waals surface area contributed by atoms with Crippen molar-refractivity contribution in [1.29, 1.82) is 0 Å². The molecule has 0 aliphatic heterocycles. The summed E-state index contributed by atoms with van der Waals surface area (Å²) in [5.41, 5.74) is 0.481. The lowest BCUT2D eigenvalue weighted by Gasteiger charge is -2.26. The van der Waals surface area contributed by atoms with Crippen LogP contribution in [0.1, 0.15) is 53.9 Å². The summed E-state index contributed by atoms with van der Waals surface area (Å²) in [6.07, 6.45) is 2.08. The molecule has 0 radical (unpaired) electrons. The lowest BCUT2D eigenvalue weighted by atomic mass is 9.97. The number of benzene rings is 1.